The van der Waals surface area contributed by atoms with Crippen LogP contribution in [0.5, 0.6) is 5.88 Å². The van der Waals surface area contributed by atoms with E-state index in [-0.39, 0.29) is 4.99 Å². The number of nitrogens with two attached hydrogens (primary N) is 1. The summed E-state index contributed by atoms with van der Waals surface area (Å²) in [5.41, 5.74) is 8.25. The Kier molecular flexibility index (Phi) is 2.97. The van der Waals surface area contributed by atoms with Crippen LogP contribution >= 0.6 is 12.2 Å². The molecule has 0 aliphatic carbocycles. The van der Waals surface area contributed by atoms with E-state index in [4.69, 9.17) is 22.7 Å². The summed E-state index contributed by atoms with van der Waals surface area (Å²) in [6.45, 7) is 4.06. The summed E-state index contributed by atoms with van der Waals surface area (Å²) in [5.74, 6) is 1.16. The highest BCUT2D eigenvalue weighted by molar-refractivity contribution is 7.80. The van der Waals surface area contributed by atoms with Gasteiger partial charge >= 0.3 is 0 Å². The van der Waals surface area contributed by atoms with E-state index in [1.54, 1.807) is 13.3 Å². The lowest BCUT2D eigenvalue weighted by Crippen LogP contribution is -2.09. The number of fused-ring (bicyclic) bond motifs is 1. The highest BCUT2D eigenvalue weighted by atomic mass is 32.1. The summed E-state index contributed by atoms with van der Waals surface area (Å²) in [6, 6.07) is 0. The zero-order valence-corrected chi connectivity index (χ0v) is 10.8. The SMILES string of the molecule is CCc1c(OC)nc2nc(C(N)=S)cn2c1C. The minimum atomic E-state index is 0.270. The predicted molar refractivity (Wildman–Crippen MR) is 69.5 cm³/mol. The molecular formula is C11H14N4OS. The standard InChI is InChI=1S/C11H14N4OS/c1-4-7-6(2)15-5-8(9(12)17)13-11(15)14-10(7)16-3/h5H,4H2,1-3H3,(H2,12,17). The number of nitrogens with zero attached hydrogens (tertiary/aromatic N) is 3. The second kappa shape index (κ2) is 4.29. The van der Waals surface area contributed by atoms with Gasteiger partial charge in [-0.1, -0.05) is 19.1 Å². The maximum Gasteiger partial charge on any atom is 0.237 e. The Morgan fingerprint density at radius 3 is 2.76 bits per heavy atom. The van der Waals surface area contributed by atoms with Gasteiger partial charge in [-0.25, -0.2) is 4.98 Å². The number of aryl methyl sites for hydroxylation is 1. The van der Waals surface area contributed by atoms with E-state index in [9.17, 15) is 0 Å². The van der Waals surface area contributed by atoms with Crippen molar-refractivity contribution in [1.29, 1.82) is 0 Å². The van der Waals surface area contributed by atoms with Gasteiger partial charge in [0, 0.05) is 17.5 Å². The third kappa shape index (κ3) is 1.84. The van der Waals surface area contributed by atoms with Crippen LogP contribution in [-0.4, -0.2) is 26.5 Å². The van der Waals surface area contributed by atoms with E-state index in [1.165, 1.54) is 0 Å². The molecule has 0 aliphatic rings. The summed E-state index contributed by atoms with van der Waals surface area (Å²) >= 11 is 4.91. The molecule has 0 bridgehead atoms. The zero-order chi connectivity index (χ0) is 12.6. The Balaban J connectivity index is 2.76. The van der Waals surface area contributed by atoms with Gasteiger partial charge in [-0.2, -0.15) is 4.98 Å². The van der Waals surface area contributed by atoms with Crippen molar-refractivity contribution in [3.05, 3.63) is 23.1 Å². The van der Waals surface area contributed by atoms with E-state index < -0.39 is 0 Å². The van der Waals surface area contributed by atoms with Gasteiger partial charge in [-0.05, 0) is 13.3 Å². The van der Waals surface area contributed by atoms with Gasteiger partial charge < -0.3 is 10.5 Å². The smallest absolute Gasteiger partial charge is 0.237 e. The van der Waals surface area contributed by atoms with Crippen LogP contribution in [0.1, 0.15) is 23.9 Å². The summed E-state index contributed by atoms with van der Waals surface area (Å²) < 4.78 is 7.15. The van der Waals surface area contributed by atoms with Crippen LogP contribution < -0.4 is 10.5 Å². The Bertz CT molecular complexity index is 591. The topological polar surface area (TPSA) is 65.4 Å². The van der Waals surface area contributed by atoms with E-state index >= 15 is 0 Å². The van der Waals surface area contributed by atoms with Crippen LogP contribution in [0.25, 0.3) is 5.78 Å². The normalized spacial score (nSPS) is 10.8. The molecule has 17 heavy (non-hydrogen) atoms. The van der Waals surface area contributed by atoms with Crippen molar-refractivity contribution in [2.45, 2.75) is 20.3 Å². The first-order chi connectivity index (χ1) is 8.08. The number of thiocarbonyl (C=S) groups is 1. The lowest BCUT2D eigenvalue weighted by atomic mass is 10.2. The largest absolute Gasteiger partial charge is 0.481 e. The van der Waals surface area contributed by atoms with Gasteiger partial charge in [-0.15, -0.1) is 0 Å². The maximum atomic E-state index is 5.57. The molecule has 0 saturated heterocycles. The molecule has 0 aliphatic heterocycles. The summed E-state index contributed by atoms with van der Waals surface area (Å²) in [5, 5.41) is 0. The van der Waals surface area contributed by atoms with Crippen molar-refractivity contribution in [2.75, 3.05) is 7.11 Å². The molecule has 2 aromatic rings. The van der Waals surface area contributed by atoms with Crippen LogP contribution in [0, 0.1) is 6.92 Å². The molecule has 2 heterocycles. The molecule has 5 nitrogen and oxygen atoms in total. The number of methoxy groups -OCH3 is 1. The number of hydrogen-bond donors (Lipinski definition) is 1. The molecule has 2 rings (SSSR count). The third-order valence-electron chi connectivity index (χ3n) is 2.74. The van der Waals surface area contributed by atoms with Gasteiger partial charge in [0.2, 0.25) is 11.7 Å². The number of aromatic nitrogens is 3. The number of rotatable bonds is 3. The molecule has 0 atom stereocenters. The van der Waals surface area contributed by atoms with E-state index in [1.807, 2.05) is 11.3 Å². The molecule has 0 fully saturated rings. The van der Waals surface area contributed by atoms with Crippen molar-refractivity contribution < 1.29 is 4.74 Å². The van der Waals surface area contributed by atoms with Crippen molar-refractivity contribution >= 4 is 23.0 Å². The molecule has 0 amide bonds. The van der Waals surface area contributed by atoms with Gasteiger partial charge in [0.1, 0.15) is 10.7 Å². The minimum Gasteiger partial charge on any atom is -0.481 e. The minimum absolute atomic E-state index is 0.270. The first-order valence-electron chi connectivity index (χ1n) is 5.30. The second-order valence-electron chi connectivity index (χ2n) is 3.70. The number of hydrogen-bond acceptors (Lipinski definition) is 4. The lowest BCUT2D eigenvalue weighted by Gasteiger charge is -2.10. The van der Waals surface area contributed by atoms with Crippen molar-refractivity contribution in [1.82, 2.24) is 14.4 Å². The lowest BCUT2D eigenvalue weighted by molar-refractivity contribution is 0.392. The predicted octanol–water partition coefficient (Wildman–Crippen LogP) is 1.24. The Hall–Kier alpha value is -1.69. The van der Waals surface area contributed by atoms with E-state index in [0.717, 1.165) is 17.7 Å². The van der Waals surface area contributed by atoms with Crippen LogP contribution in [0.4, 0.5) is 0 Å². The Morgan fingerprint density at radius 2 is 2.24 bits per heavy atom. The van der Waals surface area contributed by atoms with Gasteiger partial charge in [0.05, 0.1) is 7.11 Å². The van der Waals surface area contributed by atoms with Gasteiger partial charge in [0.15, 0.2) is 0 Å². The molecule has 0 radical (unpaired) electrons. The molecule has 2 aromatic heterocycles. The maximum absolute atomic E-state index is 5.57. The highest BCUT2D eigenvalue weighted by Gasteiger charge is 2.14. The molecule has 0 spiro atoms. The van der Waals surface area contributed by atoms with Crippen molar-refractivity contribution in [3.63, 3.8) is 0 Å². The third-order valence-corrected chi connectivity index (χ3v) is 2.95. The molecule has 90 valence electrons. The van der Waals surface area contributed by atoms with Crippen molar-refractivity contribution in [3.8, 4) is 5.88 Å². The average molecular weight is 250 g/mol. The molecular weight excluding hydrogens is 236 g/mol. The van der Waals surface area contributed by atoms with Crippen LogP contribution in [0.3, 0.4) is 0 Å². The quantitative estimate of drug-likeness (QED) is 0.830. The Morgan fingerprint density at radius 1 is 1.53 bits per heavy atom. The fraction of sp³-hybridized carbons (Fsp3) is 0.364. The van der Waals surface area contributed by atoms with E-state index in [2.05, 4.69) is 16.9 Å². The average Bonchev–Trinajstić information content (AvgIpc) is 2.73. The van der Waals surface area contributed by atoms with Crippen LogP contribution in [-0.2, 0) is 6.42 Å². The first kappa shape index (κ1) is 11.8. The summed E-state index contributed by atoms with van der Waals surface area (Å²) in [6.07, 6.45) is 2.65. The fourth-order valence-electron chi connectivity index (χ4n) is 1.85. The monoisotopic (exact) mass is 250 g/mol. The summed E-state index contributed by atoms with van der Waals surface area (Å²) in [4.78, 5) is 8.88. The fourth-order valence-corrected chi connectivity index (χ4v) is 1.95. The Labute approximate surface area is 105 Å². The first-order valence-corrected chi connectivity index (χ1v) is 5.71. The molecule has 0 aromatic carbocycles. The number of imidazole rings is 1. The molecule has 0 unspecified atom stereocenters. The number of ether oxygens (including phenoxy) is 1. The zero-order valence-electron chi connectivity index (χ0n) is 10.0. The summed E-state index contributed by atoms with van der Waals surface area (Å²) in [7, 11) is 1.61. The molecule has 2 N–H and O–H groups in total. The van der Waals surface area contributed by atoms with Gasteiger partial charge in [-0.3, -0.25) is 4.40 Å². The second-order valence-corrected chi connectivity index (χ2v) is 4.14. The van der Waals surface area contributed by atoms with Gasteiger partial charge in [0.25, 0.3) is 0 Å². The van der Waals surface area contributed by atoms with E-state index in [0.29, 0.717) is 17.4 Å². The van der Waals surface area contributed by atoms with Crippen molar-refractivity contribution in [2.24, 2.45) is 5.73 Å². The molecule has 6 heteroatoms. The highest BCUT2D eigenvalue weighted by Crippen LogP contribution is 2.21. The van der Waals surface area contributed by atoms with Crippen LogP contribution in [0.2, 0.25) is 0 Å². The van der Waals surface area contributed by atoms with Crippen LogP contribution in [0.15, 0.2) is 6.20 Å². The molecule has 0 saturated carbocycles.